The van der Waals surface area contributed by atoms with E-state index in [2.05, 4.69) is 4.98 Å². The van der Waals surface area contributed by atoms with Crippen molar-refractivity contribution < 1.29 is 4.79 Å². The van der Waals surface area contributed by atoms with E-state index >= 15 is 0 Å². The minimum atomic E-state index is 0.319. The van der Waals surface area contributed by atoms with Gasteiger partial charge in [-0.1, -0.05) is 6.92 Å². The maximum Gasteiger partial charge on any atom is 0.153 e. The normalized spacial score (nSPS) is 9.55. The number of anilines is 1. The molecule has 0 aromatic carbocycles. The Balaban J connectivity index is 3.09. The minimum Gasteiger partial charge on any atom is -0.383 e. The fraction of sp³-hybridized carbons (Fsp3) is 0.250. The highest BCUT2D eigenvalue weighted by molar-refractivity contribution is 5.81. The van der Waals surface area contributed by atoms with Crippen LogP contribution in [0.2, 0.25) is 0 Å². The van der Waals surface area contributed by atoms with Crippen LogP contribution in [0.15, 0.2) is 12.1 Å². The van der Waals surface area contributed by atoms with Crippen molar-refractivity contribution in [1.29, 1.82) is 0 Å². The summed E-state index contributed by atoms with van der Waals surface area (Å²) in [5.41, 5.74) is 6.84. The largest absolute Gasteiger partial charge is 0.383 e. The number of aromatic nitrogens is 1. The van der Waals surface area contributed by atoms with Crippen LogP contribution in [0.25, 0.3) is 0 Å². The lowest BCUT2D eigenvalue weighted by Gasteiger charge is -1.99. The van der Waals surface area contributed by atoms with Gasteiger partial charge in [0, 0.05) is 5.69 Å². The van der Waals surface area contributed by atoms with Gasteiger partial charge in [-0.15, -0.1) is 0 Å². The van der Waals surface area contributed by atoms with E-state index in [-0.39, 0.29) is 0 Å². The van der Waals surface area contributed by atoms with Crippen molar-refractivity contribution in [3.63, 3.8) is 0 Å². The molecule has 1 heterocycles. The van der Waals surface area contributed by atoms with Gasteiger partial charge in [0.15, 0.2) is 6.29 Å². The van der Waals surface area contributed by atoms with Crippen LogP contribution in [-0.4, -0.2) is 11.3 Å². The molecule has 0 saturated heterocycles. The van der Waals surface area contributed by atoms with Crippen LogP contribution >= 0.6 is 0 Å². The summed E-state index contributed by atoms with van der Waals surface area (Å²) in [4.78, 5) is 14.3. The van der Waals surface area contributed by atoms with Crippen molar-refractivity contribution in [2.45, 2.75) is 13.3 Å². The van der Waals surface area contributed by atoms with Crippen LogP contribution in [0, 0.1) is 0 Å². The Labute approximate surface area is 65.2 Å². The van der Waals surface area contributed by atoms with E-state index in [9.17, 15) is 4.79 Å². The number of nitrogens with zero attached hydrogens (tertiary/aromatic N) is 1. The van der Waals surface area contributed by atoms with Gasteiger partial charge in [-0.05, 0) is 18.6 Å². The minimum absolute atomic E-state index is 0.319. The Bertz CT molecular complexity index is 271. The molecule has 0 unspecified atom stereocenters. The van der Waals surface area contributed by atoms with Gasteiger partial charge in [0.25, 0.3) is 0 Å². The molecular formula is C8H10N2O. The summed E-state index contributed by atoms with van der Waals surface area (Å²) in [6.07, 6.45) is 1.55. The lowest BCUT2D eigenvalue weighted by molar-refractivity contribution is 0.112. The Kier molecular flexibility index (Phi) is 2.21. The van der Waals surface area contributed by atoms with Gasteiger partial charge < -0.3 is 5.73 Å². The molecule has 1 aromatic rings. The Morgan fingerprint density at radius 2 is 2.36 bits per heavy atom. The van der Waals surface area contributed by atoms with Crippen LogP contribution in [0.5, 0.6) is 0 Å². The van der Waals surface area contributed by atoms with Crippen molar-refractivity contribution in [2.24, 2.45) is 0 Å². The number of carbonyl (C=O) groups is 1. The Morgan fingerprint density at radius 1 is 1.64 bits per heavy atom. The summed E-state index contributed by atoms with van der Waals surface area (Å²) in [5.74, 6) is 0.319. The highest BCUT2D eigenvalue weighted by Crippen LogP contribution is 2.06. The third-order valence-corrected chi connectivity index (χ3v) is 1.50. The molecule has 1 aromatic heterocycles. The molecule has 0 amide bonds. The molecule has 0 saturated carbocycles. The fourth-order valence-corrected chi connectivity index (χ4v) is 0.824. The lowest BCUT2D eigenvalue weighted by Crippen LogP contribution is -1.99. The molecule has 1 rings (SSSR count). The number of hydrogen-bond acceptors (Lipinski definition) is 3. The standard InChI is InChI=1S/C8H10N2O/c1-2-7-4-3-6(5-11)8(9)10-7/h3-5H,2H2,1H3,(H2,9,10). The van der Waals surface area contributed by atoms with Crippen molar-refractivity contribution in [2.75, 3.05) is 5.73 Å². The number of carbonyl (C=O) groups excluding carboxylic acids is 1. The smallest absolute Gasteiger partial charge is 0.153 e. The molecule has 0 radical (unpaired) electrons. The second kappa shape index (κ2) is 3.14. The van der Waals surface area contributed by atoms with Gasteiger partial charge in [0.2, 0.25) is 0 Å². The van der Waals surface area contributed by atoms with Gasteiger partial charge in [-0.2, -0.15) is 0 Å². The van der Waals surface area contributed by atoms with Gasteiger partial charge in [-0.3, -0.25) is 4.79 Å². The van der Waals surface area contributed by atoms with E-state index in [1.165, 1.54) is 0 Å². The van der Waals surface area contributed by atoms with Crippen molar-refractivity contribution in [3.8, 4) is 0 Å². The third kappa shape index (κ3) is 1.55. The van der Waals surface area contributed by atoms with Crippen LogP contribution in [0.3, 0.4) is 0 Å². The number of aldehydes is 1. The highest BCUT2D eigenvalue weighted by atomic mass is 16.1. The first-order chi connectivity index (χ1) is 5.27. The molecule has 0 spiro atoms. The number of pyridine rings is 1. The highest BCUT2D eigenvalue weighted by Gasteiger charge is 1.98. The van der Waals surface area contributed by atoms with E-state index in [4.69, 9.17) is 5.73 Å². The SMILES string of the molecule is CCc1ccc(C=O)c(N)n1. The van der Waals surface area contributed by atoms with Gasteiger partial charge >= 0.3 is 0 Å². The van der Waals surface area contributed by atoms with Gasteiger partial charge in [-0.25, -0.2) is 4.98 Å². The number of nitrogen functional groups attached to an aromatic ring is 1. The van der Waals surface area contributed by atoms with Crippen LogP contribution in [-0.2, 0) is 6.42 Å². The molecular weight excluding hydrogens is 140 g/mol. The third-order valence-electron chi connectivity index (χ3n) is 1.50. The second-order valence-electron chi connectivity index (χ2n) is 2.25. The quantitative estimate of drug-likeness (QED) is 0.641. The first kappa shape index (κ1) is 7.72. The van der Waals surface area contributed by atoms with Crippen molar-refractivity contribution in [3.05, 3.63) is 23.4 Å². The van der Waals surface area contributed by atoms with Crippen molar-refractivity contribution >= 4 is 12.1 Å². The summed E-state index contributed by atoms with van der Waals surface area (Å²) in [6, 6.07) is 3.49. The zero-order chi connectivity index (χ0) is 8.27. The molecule has 11 heavy (non-hydrogen) atoms. The topological polar surface area (TPSA) is 56.0 Å². The molecule has 0 atom stereocenters. The van der Waals surface area contributed by atoms with E-state index < -0.39 is 0 Å². The molecule has 3 heteroatoms. The molecule has 0 fully saturated rings. The van der Waals surface area contributed by atoms with E-state index in [0.717, 1.165) is 12.1 Å². The maximum atomic E-state index is 10.3. The summed E-state index contributed by atoms with van der Waals surface area (Å²) >= 11 is 0. The van der Waals surface area contributed by atoms with Gasteiger partial charge in [0.1, 0.15) is 5.82 Å². The summed E-state index contributed by atoms with van der Waals surface area (Å²) in [7, 11) is 0. The van der Waals surface area contributed by atoms with E-state index in [1.807, 2.05) is 6.92 Å². The summed E-state index contributed by atoms with van der Waals surface area (Å²) in [6.45, 7) is 1.99. The predicted molar refractivity (Wildman–Crippen MR) is 43.4 cm³/mol. The Morgan fingerprint density at radius 3 is 2.82 bits per heavy atom. The molecule has 3 nitrogen and oxygen atoms in total. The van der Waals surface area contributed by atoms with Crippen LogP contribution in [0.1, 0.15) is 23.0 Å². The first-order valence-corrected chi connectivity index (χ1v) is 3.48. The second-order valence-corrected chi connectivity index (χ2v) is 2.25. The predicted octanol–water partition coefficient (Wildman–Crippen LogP) is 1.04. The van der Waals surface area contributed by atoms with Crippen LogP contribution in [0.4, 0.5) is 5.82 Å². The number of rotatable bonds is 2. The lowest BCUT2D eigenvalue weighted by atomic mass is 10.2. The monoisotopic (exact) mass is 150 g/mol. The summed E-state index contributed by atoms with van der Waals surface area (Å²) in [5, 5.41) is 0. The van der Waals surface area contributed by atoms with E-state index in [0.29, 0.717) is 17.7 Å². The zero-order valence-electron chi connectivity index (χ0n) is 6.37. The summed E-state index contributed by atoms with van der Waals surface area (Å²) < 4.78 is 0. The molecule has 0 aliphatic heterocycles. The first-order valence-electron chi connectivity index (χ1n) is 3.48. The number of nitrogens with two attached hydrogens (primary N) is 1. The van der Waals surface area contributed by atoms with Crippen molar-refractivity contribution in [1.82, 2.24) is 4.98 Å². The number of hydrogen-bond donors (Lipinski definition) is 1. The molecule has 58 valence electrons. The number of aryl methyl sites for hydroxylation is 1. The zero-order valence-corrected chi connectivity index (χ0v) is 6.37. The maximum absolute atomic E-state index is 10.3. The van der Waals surface area contributed by atoms with Crippen LogP contribution < -0.4 is 5.73 Å². The molecule has 2 N–H and O–H groups in total. The molecule has 0 bridgehead atoms. The Hall–Kier alpha value is -1.38. The molecule has 0 aliphatic rings. The van der Waals surface area contributed by atoms with E-state index in [1.54, 1.807) is 12.1 Å². The van der Waals surface area contributed by atoms with Gasteiger partial charge in [0.05, 0.1) is 5.56 Å². The fourth-order valence-electron chi connectivity index (χ4n) is 0.824. The average Bonchev–Trinajstić information content (AvgIpc) is 2.04. The molecule has 0 aliphatic carbocycles. The average molecular weight is 150 g/mol.